The summed E-state index contributed by atoms with van der Waals surface area (Å²) in [4.78, 5) is 2.26. The monoisotopic (exact) mass is 296 g/mol. The number of benzene rings is 1. The van der Waals surface area contributed by atoms with Gasteiger partial charge in [0.25, 0.3) is 0 Å². The molecule has 0 spiro atoms. The van der Waals surface area contributed by atoms with Gasteiger partial charge in [0.15, 0.2) is 0 Å². The van der Waals surface area contributed by atoms with E-state index in [4.69, 9.17) is 11.6 Å². The van der Waals surface area contributed by atoms with Crippen LogP contribution in [-0.2, 0) is 6.54 Å². The fraction of sp³-hybridized carbons (Fsp3) is 0.625. The van der Waals surface area contributed by atoms with Crippen LogP contribution in [0.3, 0.4) is 0 Å². The molecule has 1 fully saturated rings. The van der Waals surface area contributed by atoms with E-state index in [9.17, 15) is 5.11 Å². The Morgan fingerprint density at radius 3 is 2.65 bits per heavy atom. The minimum Gasteiger partial charge on any atom is -0.393 e. The average molecular weight is 297 g/mol. The zero-order valence-electron chi connectivity index (χ0n) is 12.4. The summed E-state index contributed by atoms with van der Waals surface area (Å²) in [6, 6.07) is 6.29. The molecule has 20 heavy (non-hydrogen) atoms. The summed E-state index contributed by atoms with van der Waals surface area (Å²) in [6.07, 6.45) is 1.51. The lowest BCUT2D eigenvalue weighted by Crippen LogP contribution is -2.35. The van der Waals surface area contributed by atoms with Crippen molar-refractivity contribution in [3.8, 4) is 0 Å². The van der Waals surface area contributed by atoms with Crippen molar-refractivity contribution in [2.45, 2.75) is 39.3 Å². The Bertz CT molecular complexity index is 428. The topological polar surface area (TPSA) is 35.5 Å². The molecule has 0 saturated carbocycles. The molecule has 0 atom stereocenters. The van der Waals surface area contributed by atoms with Crippen LogP contribution in [0.25, 0.3) is 0 Å². The minimum atomic E-state index is -0.149. The van der Waals surface area contributed by atoms with Crippen LogP contribution in [0.15, 0.2) is 18.2 Å². The molecule has 0 bridgehead atoms. The zero-order valence-corrected chi connectivity index (χ0v) is 13.2. The second kappa shape index (κ2) is 7.30. The fourth-order valence-electron chi connectivity index (χ4n) is 2.53. The Morgan fingerprint density at radius 1 is 1.35 bits per heavy atom. The van der Waals surface area contributed by atoms with E-state index in [0.717, 1.165) is 49.7 Å². The molecule has 0 unspecified atom stereocenters. The number of rotatable bonds is 5. The summed E-state index contributed by atoms with van der Waals surface area (Å²) in [5.41, 5.74) is 2.31. The first-order chi connectivity index (χ1) is 9.56. The first kappa shape index (κ1) is 15.6. The van der Waals surface area contributed by atoms with Gasteiger partial charge in [0, 0.05) is 19.6 Å². The summed E-state index contributed by atoms with van der Waals surface area (Å²) < 4.78 is 0. The van der Waals surface area contributed by atoms with Gasteiger partial charge in [-0.05, 0) is 43.0 Å². The number of hydrogen-bond acceptors (Lipinski definition) is 3. The molecule has 1 aromatic carbocycles. The van der Waals surface area contributed by atoms with Gasteiger partial charge in [-0.25, -0.2) is 0 Å². The highest BCUT2D eigenvalue weighted by atomic mass is 35.5. The number of aliphatic hydroxyl groups is 1. The number of nitrogens with one attached hydrogen (secondary N) is 1. The molecule has 0 amide bonds. The molecule has 0 aliphatic carbocycles. The molecule has 3 nitrogen and oxygen atoms in total. The van der Waals surface area contributed by atoms with E-state index in [1.165, 1.54) is 5.56 Å². The van der Waals surface area contributed by atoms with Gasteiger partial charge in [-0.15, -0.1) is 0 Å². The molecule has 1 aliphatic rings. The van der Waals surface area contributed by atoms with E-state index in [2.05, 4.69) is 42.3 Å². The fourth-order valence-corrected chi connectivity index (χ4v) is 2.85. The number of anilines is 1. The molecule has 1 saturated heterocycles. The predicted molar refractivity (Wildman–Crippen MR) is 85.5 cm³/mol. The van der Waals surface area contributed by atoms with E-state index in [1.54, 1.807) is 0 Å². The van der Waals surface area contributed by atoms with E-state index in [1.807, 2.05) is 0 Å². The van der Waals surface area contributed by atoms with Crippen molar-refractivity contribution in [1.82, 2.24) is 5.32 Å². The van der Waals surface area contributed by atoms with Crippen LogP contribution in [0.2, 0.25) is 5.02 Å². The largest absolute Gasteiger partial charge is 0.393 e. The Morgan fingerprint density at radius 2 is 2.05 bits per heavy atom. The zero-order chi connectivity index (χ0) is 14.5. The lowest BCUT2D eigenvalue weighted by atomic mass is 10.1. The van der Waals surface area contributed by atoms with Crippen molar-refractivity contribution in [1.29, 1.82) is 0 Å². The van der Waals surface area contributed by atoms with Crippen molar-refractivity contribution in [3.05, 3.63) is 28.8 Å². The lowest BCUT2D eigenvalue weighted by molar-refractivity contribution is 0.145. The molecular weight excluding hydrogens is 272 g/mol. The Kier molecular flexibility index (Phi) is 5.70. The molecule has 112 valence electrons. The van der Waals surface area contributed by atoms with Crippen molar-refractivity contribution in [2.24, 2.45) is 5.92 Å². The molecule has 1 heterocycles. The third-order valence-corrected chi connectivity index (χ3v) is 4.00. The molecule has 1 aliphatic heterocycles. The highest BCUT2D eigenvalue weighted by molar-refractivity contribution is 6.33. The number of nitrogens with zero attached hydrogens (tertiary/aromatic N) is 1. The van der Waals surface area contributed by atoms with Gasteiger partial charge >= 0.3 is 0 Å². The van der Waals surface area contributed by atoms with Crippen LogP contribution in [0.1, 0.15) is 32.3 Å². The Hall–Kier alpha value is -0.770. The van der Waals surface area contributed by atoms with Crippen LogP contribution >= 0.6 is 11.6 Å². The molecule has 2 N–H and O–H groups in total. The third-order valence-electron chi connectivity index (χ3n) is 3.70. The summed E-state index contributed by atoms with van der Waals surface area (Å²) >= 11 is 6.41. The Labute approximate surface area is 126 Å². The molecular formula is C16H25ClN2O. The smallest absolute Gasteiger partial charge is 0.0642 e. The summed E-state index contributed by atoms with van der Waals surface area (Å²) in [5.74, 6) is 0.657. The summed E-state index contributed by atoms with van der Waals surface area (Å²) in [7, 11) is 0. The van der Waals surface area contributed by atoms with E-state index < -0.39 is 0 Å². The maximum atomic E-state index is 9.56. The standard InChI is InChI=1S/C16H25ClN2O/c1-12(2)10-18-11-13-3-4-16(15(17)9-13)19-7-5-14(20)6-8-19/h3-4,9,12,14,18,20H,5-8,10-11H2,1-2H3. The van der Waals surface area contributed by atoms with Crippen molar-refractivity contribution >= 4 is 17.3 Å². The van der Waals surface area contributed by atoms with Gasteiger partial charge in [0.1, 0.15) is 0 Å². The summed E-state index contributed by atoms with van der Waals surface area (Å²) in [6.45, 7) is 8.04. The van der Waals surface area contributed by atoms with Gasteiger partial charge in [0.05, 0.1) is 16.8 Å². The molecule has 4 heteroatoms. The van der Waals surface area contributed by atoms with Gasteiger partial charge in [-0.3, -0.25) is 0 Å². The second-order valence-electron chi connectivity index (χ2n) is 6.03. The van der Waals surface area contributed by atoms with E-state index in [0.29, 0.717) is 5.92 Å². The molecule has 0 aromatic heterocycles. The normalized spacial score (nSPS) is 16.9. The average Bonchev–Trinajstić information content (AvgIpc) is 2.40. The molecule has 2 rings (SSSR count). The van der Waals surface area contributed by atoms with Crippen LogP contribution in [0.4, 0.5) is 5.69 Å². The van der Waals surface area contributed by atoms with Gasteiger partial charge in [-0.2, -0.15) is 0 Å². The number of hydrogen-bond donors (Lipinski definition) is 2. The minimum absolute atomic E-state index is 0.149. The van der Waals surface area contributed by atoms with Gasteiger partial charge in [0.2, 0.25) is 0 Å². The van der Waals surface area contributed by atoms with Crippen LogP contribution in [0.5, 0.6) is 0 Å². The predicted octanol–water partition coefficient (Wildman–Crippen LogP) is 3.05. The second-order valence-corrected chi connectivity index (χ2v) is 6.44. The third kappa shape index (κ3) is 4.37. The number of aliphatic hydroxyl groups excluding tert-OH is 1. The summed E-state index contributed by atoms with van der Waals surface area (Å²) in [5, 5.41) is 13.8. The van der Waals surface area contributed by atoms with E-state index in [-0.39, 0.29) is 6.10 Å². The van der Waals surface area contributed by atoms with Crippen LogP contribution in [-0.4, -0.2) is 30.8 Å². The van der Waals surface area contributed by atoms with Crippen molar-refractivity contribution in [3.63, 3.8) is 0 Å². The SMILES string of the molecule is CC(C)CNCc1ccc(N2CCC(O)CC2)c(Cl)c1. The van der Waals surface area contributed by atoms with Crippen molar-refractivity contribution < 1.29 is 5.11 Å². The van der Waals surface area contributed by atoms with Gasteiger partial charge < -0.3 is 15.3 Å². The maximum absolute atomic E-state index is 9.56. The first-order valence-corrected chi connectivity index (χ1v) is 7.86. The van der Waals surface area contributed by atoms with E-state index >= 15 is 0 Å². The Balaban J connectivity index is 1.95. The number of piperidine rings is 1. The highest BCUT2D eigenvalue weighted by Gasteiger charge is 2.18. The maximum Gasteiger partial charge on any atom is 0.0642 e. The quantitative estimate of drug-likeness (QED) is 0.877. The lowest BCUT2D eigenvalue weighted by Gasteiger charge is -2.32. The highest BCUT2D eigenvalue weighted by Crippen LogP contribution is 2.29. The van der Waals surface area contributed by atoms with Crippen molar-refractivity contribution in [2.75, 3.05) is 24.5 Å². The first-order valence-electron chi connectivity index (χ1n) is 7.48. The van der Waals surface area contributed by atoms with Crippen LogP contribution in [0, 0.1) is 5.92 Å². The van der Waals surface area contributed by atoms with Crippen LogP contribution < -0.4 is 10.2 Å². The molecule has 1 aromatic rings. The van der Waals surface area contributed by atoms with Gasteiger partial charge in [-0.1, -0.05) is 31.5 Å². The molecule has 0 radical (unpaired) electrons. The number of halogens is 1.